The van der Waals surface area contributed by atoms with E-state index in [1.807, 2.05) is 11.3 Å². The topological polar surface area (TPSA) is 26.0 Å². The third-order valence-electron chi connectivity index (χ3n) is 3.66. The first-order chi connectivity index (χ1) is 8.31. The van der Waals surface area contributed by atoms with Gasteiger partial charge in [-0.1, -0.05) is 30.3 Å². The van der Waals surface area contributed by atoms with E-state index in [9.17, 15) is 0 Å². The van der Waals surface area contributed by atoms with Gasteiger partial charge < -0.3 is 5.73 Å². The smallest absolute Gasteiger partial charge is 0.0345 e. The molecule has 1 aromatic carbocycles. The summed E-state index contributed by atoms with van der Waals surface area (Å²) in [5, 5.41) is 0. The van der Waals surface area contributed by atoms with Gasteiger partial charge in [0, 0.05) is 9.75 Å². The van der Waals surface area contributed by atoms with Crippen LogP contribution in [-0.2, 0) is 6.42 Å². The van der Waals surface area contributed by atoms with Crippen LogP contribution in [0, 0.1) is 5.41 Å². The van der Waals surface area contributed by atoms with Gasteiger partial charge in [-0.3, -0.25) is 0 Å². The van der Waals surface area contributed by atoms with Crippen LogP contribution in [-0.4, -0.2) is 6.54 Å². The van der Waals surface area contributed by atoms with E-state index in [-0.39, 0.29) is 0 Å². The molecule has 2 heteroatoms. The summed E-state index contributed by atoms with van der Waals surface area (Å²) in [6.45, 7) is 0.839. The molecule has 0 aliphatic heterocycles. The van der Waals surface area contributed by atoms with E-state index >= 15 is 0 Å². The van der Waals surface area contributed by atoms with Gasteiger partial charge >= 0.3 is 0 Å². The van der Waals surface area contributed by atoms with Crippen molar-refractivity contribution in [1.29, 1.82) is 0 Å². The Hall–Kier alpha value is -1.12. The second-order valence-electron chi connectivity index (χ2n) is 5.01. The van der Waals surface area contributed by atoms with E-state index in [0.29, 0.717) is 5.41 Å². The number of nitrogens with two attached hydrogens (primary N) is 1. The lowest BCUT2D eigenvalue weighted by Crippen LogP contribution is -2.17. The Balaban J connectivity index is 1.79. The summed E-state index contributed by atoms with van der Waals surface area (Å²) >= 11 is 1.91. The van der Waals surface area contributed by atoms with Gasteiger partial charge in [0.05, 0.1) is 0 Å². The normalized spacial score (nSPS) is 17.0. The molecule has 0 bridgehead atoms. The van der Waals surface area contributed by atoms with Gasteiger partial charge in [0.1, 0.15) is 0 Å². The molecule has 2 aromatic rings. The molecule has 1 aliphatic rings. The van der Waals surface area contributed by atoms with Gasteiger partial charge in [-0.25, -0.2) is 0 Å². The van der Waals surface area contributed by atoms with Crippen LogP contribution in [0.4, 0.5) is 0 Å². The second-order valence-corrected chi connectivity index (χ2v) is 6.18. The highest BCUT2D eigenvalue weighted by atomic mass is 32.1. The highest BCUT2D eigenvalue weighted by Gasteiger charge is 2.41. The minimum absolute atomic E-state index is 0.443. The molecule has 0 unspecified atom stereocenters. The van der Waals surface area contributed by atoms with Gasteiger partial charge in [-0.05, 0) is 48.9 Å². The standard InChI is InChI=1S/C15H17NS/c16-11-15(8-9-15)10-13-6-7-14(17-13)12-4-2-1-3-5-12/h1-7H,8-11,16H2. The number of benzene rings is 1. The Bertz CT molecular complexity index is 497. The predicted octanol–water partition coefficient (Wildman–Crippen LogP) is 3.70. The van der Waals surface area contributed by atoms with E-state index in [1.165, 1.54) is 34.6 Å². The zero-order valence-corrected chi connectivity index (χ0v) is 10.7. The van der Waals surface area contributed by atoms with Crippen LogP contribution in [0.15, 0.2) is 42.5 Å². The third-order valence-corrected chi connectivity index (χ3v) is 4.79. The van der Waals surface area contributed by atoms with Gasteiger partial charge in [0.15, 0.2) is 0 Å². The van der Waals surface area contributed by atoms with E-state index in [2.05, 4.69) is 42.5 Å². The molecular formula is C15H17NS. The van der Waals surface area contributed by atoms with Crippen LogP contribution < -0.4 is 5.73 Å². The van der Waals surface area contributed by atoms with Gasteiger partial charge in [0.2, 0.25) is 0 Å². The molecule has 88 valence electrons. The Kier molecular flexibility index (Phi) is 2.77. The number of rotatable bonds is 4. The quantitative estimate of drug-likeness (QED) is 0.870. The fourth-order valence-corrected chi connectivity index (χ4v) is 3.42. The molecule has 1 saturated carbocycles. The van der Waals surface area contributed by atoms with Gasteiger partial charge in [-0.2, -0.15) is 0 Å². The molecule has 0 saturated heterocycles. The molecular weight excluding hydrogens is 226 g/mol. The molecule has 0 spiro atoms. The van der Waals surface area contributed by atoms with Crippen molar-refractivity contribution < 1.29 is 0 Å². The molecule has 2 N–H and O–H groups in total. The van der Waals surface area contributed by atoms with Crippen molar-refractivity contribution in [3.05, 3.63) is 47.3 Å². The summed E-state index contributed by atoms with van der Waals surface area (Å²) in [4.78, 5) is 2.85. The Morgan fingerprint density at radius 1 is 1.06 bits per heavy atom. The van der Waals surface area contributed by atoms with Crippen molar-refractivity contribution in [2.75, 3.05) is 6.54 Å². The lowest BCUT2D eigenvalue weighted by molar-refractivity contribution is 0.525. The monoisotopic (exact) mass is 243 g/mol. The number of hydrogen-bond acceptors (Lipinski definition) is 2. The Morgan fingerprint density at radius 2 is 1.82 bits per heavy atom. The lowest BCUT2D eigenvalue weighted by Gasteiger charge is -2.09. The zero-order valence-electron chi connectivity index (χ0n) is 9.86. The summed E-state index contributed by atoms with van der Waals surface area (Å²) in [6.07, 6.45) is 3.78. The van der Waals surface area contributed by atoms with Gasteiger partial charge in [0.25, 0.3) is 0 Å². The van der Waals surface area contributed by atoms with Crippen molar-refractivity contribution in [3.8, 4) is 10.4 Å². The van der Waals surface area contributed by atoms with Gasteiger partial charge in [-0.15, -0.1) is 11.3 Å². The molecule has 3 rings (SSSR count). The average Bonchev–Trinajstić information content (AvgIpc) is 3.00. The fraction of sp³-hybridized carbons (Fsp3) is 0.333. The number of thiophene rings is 1. The largest absolute Gasteiger partial charge is 0.330 e. The van der Waals surface area contributed by atoms with Crippen LogP contribution in [0.25, 0.3) is 10.4 Å². The zero-order chi connectivity index (χ0) is 11.7. The molecule has 1 nitrogen and oxygen atoms in total. The number of hydrogen-bond donors (Lipinski definition) is 1. The SMILES string of the molecule is NCC1(Cc2ccc(-c3ccccc3)s2)CC1. The van der Waals surface area contributed by atoms with Crippen LogP contribution >= 0.6 is 11.3 Å². The van der Waals surface area contributed by atoms with E-state index in [1.54, 1.807) is 0 Å². The van der Waals surface area contributed by atoms with E-state index in [4.69, 9.17) is 5.73 Å². The first-order valence-electron chi connectivity index (χ1n) is 6.16. The minimum Gasteiger partial charge on any atom is -0.330 e. The Labute approximate surface area is 106 Å². The predicted molar refractivity (Wildman–Crippen MR) is 74.2 cm³/mol. The van der Waals surface area contributed by atoms with E-state index < -0.39 is 0 Å². The maximum absolute atomic E-state index is 5.84. The van der Waals surface area contributed by atoms with Crippen LogP contribution in [0.1, 0.15) is 17.7 Å². The Morgan fingerprint density at radius 3 is 2.47 bits per heavy atom. The molecule has 17 heavy (non-hydrogen) atoms. The average molecular weight is 243 g/mol. The highest BCUT2D eigenvalue weighted by Crippen LogP contribution is 2.48. The molecule has 1 fully saturated rings. The van der Waals surface area contributed by atoms with Crippen molar-refractivity contribution in [1.82, 2.24) is 0 Å². The fourth-order valence-electron chi connectivity index (χ4n) is 2.23. The molecule has 1 heterocycles. The van der Waals surface area contributed by atoms with Crippen molar-refractivity contribution in [2.24, 2.45) is 11.1 Å². The van der Waals surface area contributed by atoms with E-state index in [0.717, 1.165) is 6.54 Å². The maximum atomic E-state index is 5.84. The summed E-state index contributed by atoms with van der Waals surface area (Å²) in [5.74, 6) is 0. The lowest BCUT2D eigenvalue weighted by atomic mass is 10.0. The molecule has 1 aromatic heterocycles. The molecule has 0 atom stereocenters. The third kappa shape index (κ3) is 2.28. The second kappa shape index (κ2) is 4.28. The first kappa shape index (κ1) is 11.0. The van der Waals surface area contributed by atoms with Crippen LogP contribution in [0.2, 0.25) is 0 Å². The van der Waals surface area contributed by atoms with Crippen LogP contribution in [0.5, 0.6) is 0 Å². The maximum Gasteiger partial charge on any atom is 0.0345 e. The van der Waals surface area contributed by atoms with Crippen LogP contribution in [0.3, 0.4) is 0 Å². The summed E-state index contributed by atoms with van der Waals surface area (Å²) in [7, 11) is 0. The summed E-state index contributed by atoms with van der Waals surface area (Å²) in [5.41, 5.74) is 7.60. The summed E-state index contributed by atoms with van der Waals surface area (Å²) in [6, 6.07) is 15.1. The minimum atomic E-state index is 0.443. The first-order valence-corrected chi connectivity index (χ1v) is 6.97. The van der Waals surface area contributed by atoms with Crippen molar-refractivity contribution >= 4 is 11.3 Å². The van der Waals surface area contributed by atoms with Crippen molar-refractivity contribution in [3.63, 3.8) is 0 Å². The molecule has 0 amide bonds. The molecule has 1 aliphatic carbocycles. The highest BCUT2D eigenvalue weighted by molar-refractivity contribution is 7.15. The summed E-state index contributed by atoms with van der Waals surface area (Å²) < 4.78 is 0. The molecule has 0 radical (unpaired) electrons. The van der Waals surface area contributed by atoms with Crippen molar-refractivity contribution in [2.45, 2.75) is 19.3 Å².